The van der Waals surface area contributed by atoms with E-state index in [4.69, 9.17) is 20.2 Å². The van der Waals surface area contributed by atoms with Gasteiger partial charge in [0.05, 0.1) is 23.6 Å². The second-order valence-corrected chi connectivity index (χ2v) is 8.59. The van der Waals surface area contributed by atoms with Crippen LogP contribution in [0.4, 0.5) is 0 Å². The van der Waals surface area contributed by atoms with E-state index in [1.54, 1.807) is 13.8 Å². The molecule has 0 saturated heterocycles. The number of fused-ring (bicyclic) bond motifs is 1. The molecule has 0 aliphatic rings. The third-order valence-corrected chi connectivity index (χ3v) is 5.51. The minimum atomic E-state index is -0.375. The van der Waals surface area contributed by atoms with Crippen molar-refractivity contribution in [2.75, 3.05) is 0 Å². The van der Waals surface area contributed by atoms with E-state index >= 15 is 0 Å². The smallest absolute Gasteiger partial charge is 0.0873 e. The topological polar surface area (TPSA) is 66.2 Å². The third-order valence-electron chi connectivity index (χ3n) is 5.51. The molecule has 4 nitrogen and oxygen atoms in total. The molecule has 0 bridgehead atoms. The van der Waals surface area contributed by atoms with Gasteiger partial charge in [0.2, 0.25) is 0 Å². The molecule has 5 heteroatoms. The van der Waals surface area contributed by atoms with Crippen LogP contribution < -0.4 is 0 Å². The van der Waals surface area contributed by atoms with Crippen molar-refractivity contribution in [2.45, 2.75) is 32.5 Å². The summed E-state index contributed by atoms with van der Waals surface area (Å²) < 4.78 is 0. The molecule has 0 saturated carbocycles. The first-order valence-electron chi connectivity index (χ1n) is 11.8. The van der Waals surface area contributed by atoms with Crippen molar-refractivity contribution in [1.29, 1.82) is 0 Å². The minimum absolute atomic E-state index is 0. The summed E-state index contributed by atoms with van der Waals surface area (Å²) in [5.41, 5.74) is 5.63. The second-order valence-electron chi connectivity index (χ2n) is 8.59. The molecule has 2 atom stereocenters. The molecule has 185 valence electrons. The van der Waals surface area contributed by atoms with Gasteiger partial charge < -0.3 is 15.2 Å². The van der Waals surface area contributed by atoms with Crippen molar-refractivity contribution in [3.8, 4) is 33.8 Å². The normalized spacial score (nSPS) is 12.1. The van der Waals surface area contributed by atoms with Gasteiger partial charge in [-0.3, -0.25) is 4.98 Å². The number of rotatable bonds is 5. The van der Waals surface area contributed by atoms with E-state index in [1.807, 2.05) is 48.7 Å². The van der Waals surface area contributed by atoms with Crippen LogP contribution in [0.5, 0.6) is 0 Å². The van der Waals surface area contributed by atoms with Gasteiger partial charge in [-0.2, -0.15) is 0 Å². The van der Waals surface area contributed by atoms with Gasteiger partial charge in [-0.05, 0) is 42.7 Å². The second kappa shape index (κ2) is 13.2. The number of aliphatic hydroxyl groups is 2. The summed E-state index contributed by atoms with van der Waals surface area (Å²) in [7, 11) is 0. The SMILES string of the molecule is CC(O)CC(C)O.[Ir].[c-]1ccccc1-c1ncc(-c2ccc3ccccc3c2)nc1-c1ccccc1. The fourth-order valence-corrected chi connectivity index (χ4v) is 3.91. The summed E-state index contributed by atoms with van der Waals surface area (Å²) in [6.45, 7) is 3.32. The molecule has 0 amide bonds. The van der Waals surface area contributed by atoms with Gasteiger partial charge in [-0.25, -0.2) is 0 Å². The maximum absolute atomic E-state index is 8.56. The average Bonchev–Trinajstić information content (AvgIpc) is 2.89. The van der Waals surface area contributed by atoms with Crippen LogP contribution in [0, 0.1) is 6.07 Å². The minimum Gasteiger partial charge on any atom is -0.393 e. The summed E-state index contributed by atoms with van der Waals surface area (Å²) >= 11 is 0. The number of hydrogen-bond donors (Lipinski definition) is 2. The molecule has 1 radical (unpaired) electrons. The number of hydrogen-bond acceptors (Lipinski definition) is 4. The van der Waals surface area contributed by atoms with Crippen molar-refractivity contribution in [3.63, 3.8) is 0 Å². The van der Waals surface area contributed by atoms with Gasteiger partial charge in [0, 0.05) is 37.6 Å². The van der Waals surface area contributed by atoms with Crippen molar-refractivity contribution in [3.05, 3.63) is 109 Å². The molecule has 4 aromatic carbocycles. The van der Waals surface area contributed by atoms with E-state index in [2.05, 4.69) is 60.7 Å². The van der Waals surface area contributed by atoms with E-state index in [0.717, 1.165) is 33.8 Å². The molecule has 0 fully saturated rings. The van der Waals surface area contributed by atoms with Crippen molar-refractivity contribution in [2.24, 2.45) is 0 Å². The Hall–Kier alpha value is -3.21. The third kappa shape index (κ3) is 7.16. The van der Waals surface area contributed by atoms with E-state index in [1.165, 1.54) is 10.8 Å². The molecule has 2 N–H and O–H groups in total. The van der Waals surface area contributed by atoms with Crippen LogP contribution in [0.1, 0.15) is 20.3 Å². The van der Waals surface area contributed by atoms with Gasteiger partial charge in [0.1, 0.15) is 0 Å². The first-order valence-corrected chi connectivity index (χ1v) is 11.8. The standard InChI is InChI=1S/C26H17N2.C5H12O2.Ir/c1-3-10-20(11-4-1)25-26(21-12-5-2-6-13-21)28-24(18-27-25)23-16-15-19-9-7-8-14-22(19)17-23;1-4(6)3-5(2)7;/h1-10,12-18H;4-7H,3H2,1-2H3;/q-1;;. The molecule has 2 unspecified atom stereocenters. The van der Waals surface area contributed by atoms with Gasteiger partial charge in [-0.15, -0.1) is 35.9 Å². The Morgan fingerprint density at radius 1 is 0.722 bits per heavy atom. The molecule has 0 spiro atoms. The van der Waals surface area contributed by atoms with E-state index < -0.39 is 0 Å². The molecule has 36 heavy (non-hydrogen) atoms. The summed E-state index contributed by atoms with van der Waals surface area (Å²) in [5.74, 6) is 0. The largest absolute Gasteiger partial charge is 0.393 e. The Morgan fingerprint density at radius 3 is 2.03 bits per heavy atom. The average molecular weight is 654 g/mol. The van der Waals surface area contributed by atoms with E-state index in [9.17, 15) is 0 Å². The molecule has 1 heterocycles. The van der Waals surface area contributed by atoms with Crippen LogP contribution >= 0.6 is 0 Å². The van der Waals surface area contributed by atoms with Gasteiger partial charge in [-0.1, -0.05) is 66.7 Å². The van der Waals surface area contributed by atoms with Crippen LogP contribution in [0.2, 0.25) is 0 Å². The molecule has 1 aromatic heterocycles. The Labute approximate surface area is 226 Å². The Balaban J connectivity index is 0.000000400. The van der Waals surface area contributed by atoms with Crippen molar-refractivity contribution >= 4 is 10.8 Å². The van der Waals surface area contributed by atoms with Crippen LogP contribution in [0.15, 0.2) is 103 Å². The Bertz CT molecular complexity index is 1370. The maximum atomic E-state index is 8.56. The molecular weight excluding hydrogens is 625 g/mol. The van der Waals surface area contributed by atoms with Gasteiger partial charge in [0.25, 0.3) is 0 Å². The number of aromatic nitrogens is 2. The Kier molecular flexibility index (Phi) is 10.0. The summed E-state index contributed by atoms with van der Waals surface area (Å²) in [6.07, 6.45) is 1.58. The predicted molar refractivity (Wildman–Crippen MR) is 143 cm³/mol. The van der Waals surface area contributed by atoms with Crippen LogP contribution in [0.3, 0.4) is 0 Å². The van der Waals surface area contributed by atoms with Crippen LogP contribution in [-0.2, 0) is 20.1 Å². The Morgan fingerprint density at radius 2 is 1.39 bits per heavy atom. The molecule has 0 aliphatic carbocycles. The maximum Gasteiger partial charge on any atom is 0.0873 e. The zero-order valence-electron chi connectivity index (χ0n) is 20.3. The van der Waals surface area contributed by atoms with Crippen molar-refractivity contribution in [1.82, 2.24) is 9.97 Å². The fraction of sp³-hybridized carbons (Fsp3) is 0.161. The van der Waals surface area contributed by atoms with E-state index in [0.29, 0.717) is 6.42 Å². The summed E-state index contributed by atoms with van der Waals surface area (Å²) in [6, 6.07) is 36.1. The first kappa shape index (κ1) is 27.4. The quantitative estimate of drug-likeness (QED) is 0.211. The molecule has 5 rings (SSSR count). The number of nitrogens with zero attached hydrogens (tertiary/aromatic N) is 2. The van der Waals surface area contributed by atoms with E-state index in [-0.39, 0.29) is 32.3 Å². The fourth-order valence-electron chi connectivity index (χ4n) is 3.91. The number of aliphatic hydroxyl groups excluding tert-OH is 2. The molecule has 5 aromatic rings. The first-order chi connectivity index (χ1) is 17.0. The van der Waals surface area contributed by atoms with Crippen LogP contribution in [0.25, 0.3) is 44.5 Å². The zero-order chi connectivity index (χ0) is 24.6. The monoisotopic (exact) mass is 654 g/mol. The van der Waals surface area contributed by atoms with Gasteiger partial charge in [0.15, 0.2) is 0 Å². The summed E-state index contributed by atoms with van der Waals surface area (Å²) in [4.78, 5) is 9.80. The molecule has 0 aliphatic heterocycles. The predicted octanol–water partition coefficient (Wildman–Crippen LogP) is 6.57. The van der Waals surface area contributed by atoms with Gasteiger partial charge >= 0.3 is 0 Å². The molecular formula is C31H29IrN2O2-. The zero-order valence-corrected chi connectivity index (χ0v) is 22.7. The number of benzene rings is 4. The van der Waals surface area contributed by atoms with Crippen molar-refractivity contribution < 1.29 is 30.3 Å². The van der Waals surface area contributed by atoms with Crippen LogP contribution in [-0.4, -0.2) is 32.4 Å². The summed E-state index contributed by atoms with van der Waals surface area (Å²) in [5, 5.41) is 19.5.